The smallest absolute Gasteiger partial charge is 0.229 e. The molecule has 0 N–H and O–H groups in total. The molecule has 0 spiro atoms. The zero-order valence-corrected chi connectivity index (χ0v) is 11.6. The van der Waals surface area contributed by atoms with Gasteiger partial charge in [-0.25, -0.2) is 0 Å². The van der Waals surface area contributed by atoms with Gasteiger partial charge in [0.2, 0.25) is 11.8 Å². The van der Waals surface area contributed by atoms with E-state index < -0.39 is 0 Å². The van der Waals surface area contributed by atoms with Gasteiger partial charge in [0.1, 0.15) is 0 Å². The quantitative estimate of drug-likeness (QED) is 0.767. The van der Waals surface area contributed by atoms with Crippen LogP contribution in [0.15, 0.2) is 4.52 Å². The number of carbonyl (C=O) groups excluding carboxylic acids is 1. The van der Waals surface area contributed by atoms with Crippen molar-refractivity contribution in [1.29, 1.82) is 0 Å². The van der Waals surface area contributed by atoms with Crippen molar-refractivity contribution in [2.24, 2.45) is 5.41 Å². The van der Waals surface area contributed by atoms with E-state index in [0.29, 0.717) is 11.7 Å². The Morgan fingerprint density at radius 2 is 1.94 bits per heavy atom. The first kappa shape index (κ1) is 13.1. The third-order valence-corrected chi connectivity index (χ3v) is 3.32. The molecule has 0 saturated carbocycles. The van der Waals surface area contributed by atoms with Crippen molar-refractivity contribution in [1.82, 2.24) is 15.0 Å². The highest BCUT2D eigenvalue weighted by atomic mass is 16.5. The molecule has 100 valence electrons. The summed E-state index contributed by atoms with van der Waals surface area (Å²) in [5, 5.41) is 3.82. The van der Waals surface area contributed by atoms with Crippen LogP contribution in [0.3, 0.4) is 0 Å². The molecule has 2 heterocycles. The molecule has 0 bridgehead atoms. The van der Waals surface area contributed by atoms with Gasteiger partial charge in [0.15, 0.2) is 5.82 Å². The lowest BCUT2D eigenvalue weighted by molar-refractivity contribution is -0.140. The van der Waals surface area contributed by atoms with Crippen LogP contribution in [0, 0.1) is 12.3 Å². The van der Waals surface area contributed by atoms with Gasteiger partial charge in [-0.15, -0.1) is 0 Å². The molecule has 1 aromatic heterocycles. The molecular weight excluding hydrogens is 230 g/mol. The second kappa shape index (κ2) is 4.71. The van der Waals surface area contributed by atoms with Crippen LogP contribution in [0.25, 0.3) is 0 Å². The van der Waals surface area contributed by atoms with E-state index in [1.54, 1.807) is 0 Å². The number of piperidine rings is 1. The SMILES string of the molecule is Cc1noc(C2CCN(C(=O)C(C)(C)C)CC2)n1. The molecular formula is C13H21N3O2. The van der Waals surface area contributed by atoms with E-state index in [4.69, 9.17) is 4.52 Å². The number of aromatic nitrogens is 2. The number of amides is 1. The fraction of sp³-hybridized carbons (Fsp3) is 0.769. The molecule has 1 fully saturated rings. The molecule has 0 aromatic carbocycles. The minimum Gasteiger partial charge on any atom is -0.342 e. The van der Waals surface area contributed by atoms with Crippen LogP contribution in [0.2, 0.25) is 0 Å². The third-order valence-electron chi connectivity index (χ3n) is 3.32. The topological polar surface area (TPSA) is 59.2 Å². The van der Waals surface area contributed by atoms with Crippen molar-refractivity contribution in [3.63, 3.8) is 0 Å². The zero-order valence-electron chi connectivity index (χ0n) is 11.6. The molecule has 18 heavy (non-hydrogen) atoms. The highest BCUT2D eigenvalue weighted by Gasteiger charge is 2.32. The van der Waals surface area contributed by atoms with Gasteiger partial charge < -0.3 is 9.42 Å². The minimum absolute atomic E-state index is 0.225. The Labute approximate surface area is 108 Å². The summed E-state index contributed by atoms with van der Waals surface area (Å²) in [5.41, 5.74) is -0.298. The highest BCUT2D eigenvalue weighted by Crippen LogP contribution is 2.29. The molecule has 5 nitrogen and oxygen atoms in total. The lowest BCUT2D eigenvalue weighted by atomic mass is 9.91. The molecule has 1 saturated heterocycles. The van der Waals surface area contributed by atoms with Crippen LogP contribution in [0.1, 0.15) is 51.2 Å². The summed E-state index contributed by atoms with van der Waals surface area (Å²) in [4.78, 5) is 18.4. The Bertz CT molecular complexity index is 426. The maximum Gasteiger partial charge on any atom is 0.229 e. The van der Waals surface area contributed by atoms with E-state index in [-0.39, 0.29) is 11.3 Å². The van der Waals surface area contributed by atoms with Crippen LogP contribution >= 0.6 is 0 Å². The first-order valence-electron chi connectivity index (χ1n) is 6.47. The Hall–Kier alpha value is -1.39. The monoisotopic (exact) mass is 251 g/mol. The largest absolute Gasteiger partial charge is 0.342 e. The van der Waals surface area contributed by atoms with E-state index in [2.05, 4.69) is 10.1 Å². The van der Waals surface area contributed by atoms with Crippen molar-refractivity contribution in [3.8, 4) is 0 Å². The molecule has 0 radical (unpaired) electrons. The van der Waals surface area contributed by atoms with Gasteiger partial charge in [0.05, 0.1) is 0 Å². The number of hydrogen-bond donors (Lipinski definition) is 0. The lowest BCUT2D eigenvalue weighted by Gasteiger charge is -2.34. The molecule has 0 atom stereocenters. The van der Waals surface area contributed by atoms with Crippen LogP contribution in [0.4, 0.5) is 0 Å². The summed E-state index contributed by atoms with van der Waals surface area (Å²) in [6.07, 6.45) is 1.81. The van der Waals surface area contributed by atoms with E-state index in [0.717, 1.165) is 31.8 Å². The average Bonchev–Trinajstić information content (AvgIpc) is 2.74. The van der Waals surface area contributed by atoms with Crippen LogP contribution < -0.4 is 0 Å². The van der Waals surface area contributed by atoms with Crippen molar-refractivity contribution < 1.29 is 9.32 Å². The maximum atomic E-state index is 12.1. The second-order valence-electron chi connectivity index (χ2n) is 6.00. The summed E-state index contributed by atoms with van der Waals surface area (Å²) in [7, 11) is 0. The normalized spacial score (nSPS) is 18.1. The Kier molecular flexibility index (Phi) is 3.41. The first-order valence-corrected chi connectivity index (χ1v) is 6.47. The number of aryl methyl sites for hydroxylation is 1. The Morgan fingerprint density at radius 1 is 1.33 bits per heavy atom. The van der Waals surface area contributed by atoms with Crippen LogP contribution in [0.5, 0.6) is 0 Å². The van der Waals surface area contributed by atoms with Crippen molar-refractivity contribution in [3.05, 3.63) is 11.7 Å². The maximum absolute atomic E-state index is 12.1. The van der Waals surface area contributed by atoms with Crippen molar-refractivity contribution in [2.75, 3.05) is 13.1 Å². The van der Waals surface area contributed by atoms with Gasteiger partial charge in [-0.05, 0) is 19.8 Å². The van der Waals surface area contributed by atoms with Crippen molar-refractivity contribution >= 4 is 5.91 Å². The summed E-state index contributed by atoms with van der Waals surface area (Å²) in [5.74, 6) is 1.92. The molecule has 5 heteroatoms. The standard InChI is InChI=1S/C13H21N3O2/c1-9-14-11(18-15-9)10-5-7-16(8-6-10)12(17)13(2,3)4/h10H,5-8H2,1-4H3. The van der Waals surface area contributed by atoms with Gasteiger partial charge in [-0.1, -0.05) is 25.9 Å². The fourth-order valence-electron chi connectivity index (χ4n) is 2.28. The molecule has 1 amide bonds. The van der Waals surface area contributed by atoms with Gasteiger partial charge in [-0.3, -0.25) is 4.79 Å². The van der Waals surface area contributed by atoms with E-state index in [1.165, 1.54) is 0 Å². The third kappa shape index (κ3) is 2.71. The second-order valence-corrected chi connectivity index (χ2v) is 6.00. The molecule has 0 unspecified atom stereocenters. The minimum atomic E-state index is -0.298. The highest BCUT2D eigenvalue weighted by molar-refractivity contribution is 5.81. The average molecular weight is 251 g/mol. The fourth-order valence-corrected chi connectivity index (χ4v) is 2.28. The Balaban J connectivity index is 1.94. The van der Waals surface area contributed by atoms with E-state index >= 15 is 0 Å². The summed E-state index contributed by atoms with van der Waals surface area (Å²) >= 11 is 0. The molecule has 2 rings (SSSR count). The number of likely N-dealkylation sites (tertiary alicyclic amines) is 1. The lowest BCUT2D eigenvalue weighted by Crippen LogP contribution is -2.43. The van der Waals surface area contributed by atoms with Crippen LogP contribution in [-0.2, 0) is 4.79 Å². The summed E-state index contributed by atoms with van der Waals surface area (Å²) < 4.78 is 5.20. The summed E-state index contributed by atoms with van der Waals surface area (Å²) in [6.45, 7) is 9.27. The van der Waals surface area contributed by atoms with Gasteiger partial charge in [0, 0.05) is 24.4 Å². The number of rotatable bonds is 1. The zero-order chi connectivity index (χ0) is 13.3. The number of hydrogen-bond acceptors (Lipinski definition) is 4. The number of nitrogens with zero attached hydrogens (tertiary/aromatic N) is 3. The van der Waals surface area contributed by atoms with E-state index in [1.807, 2.05) is 32.6 Å². The van der Waals surface area contributed by atoms with E-state index in [9.17, 15) is 4.79 Å². The number of carbonyl (C=O) groups is 1. The summed E-state index contributed by atoms with van der Waals surface area (Å²) in [6, 6.07) is 0. The van der Waals surface area contributed by atoms with Crippen LogP contribution in [-0.4, -0.2) is 34.0 Å². The predicted molar refractivity (Wildman–Crippen MR) is 67.0 cm³/mol. The first-order chi connectivity index (χ1) is 8.38. The molecule has 1 aliphatic rings. The predicted octanol–water partition coefficient (Wildman–Crippen LogP) is 2.13. The molecule has 1 aromatic rings. The van der Waals surface area contributed by atoms with Gasteiger partial charge >= 0.3 is 0 Å². The molecule has 1 aliphatic heterocycles. The Morgan fingerprint density at radius 3 is 2.39 bits per heavy atom. The van der Waals surface area contributed by atoms with Gasteiger partial charge in [-0.2, -0.15) is 4.98 Å². The van der Waals surface area contributed by atoms with Gasteiger partial charge in [0.25, 0.3) is 0 Å². The molecule has 0 aliphatic carbocycles. The van der Waals surface area contributed by atoms with Crippen molar-refractivity contribution in [2.45, 2.75) is 46.5 Å².